The van der Waals surface area contributed by atoms with Gasteiger partial charge in [-0.15, -0.1) is 11.3 Å². The molecule has 0 unspecified atom stereocenters. The lowest BCUT2D eigenvalue weighted by Gasteiger charge is -2.28. The van der Waals surface area contributed by atoms with Crippen molar-refractivity contribution in [3.8, 4) is 45.0 Å². The number of aromatic nitrogens is 2. The summed E-state index contributed by atoms with van der Waals surface area (Å²) >= 11 is 1.85. The van der Waals surface area contributed by atoms with Crippen LogP contribution in [-0.4, -0.2) is 9.97 Å². The molecule has 0 saturated carbocycles. The molecular formula is C51H35N3S. The number of hydrogen-bond donors (Lipinski definition) is 0. The van der Waals surface area contributed by atoms with E-state index in [9.17, 15) is 0 Å². The van der Waals surface area contributed by atoms with E-state index in [0.717, 1.165) is 51.6 Å². The maximum absolute atomic E-state index is 5.08. The van der Waals surface area contributed by atoms with E-state index in [0.29, 0.717) is 5.82 Å². The molecule has 0 atom stereocenters. The minimum Gasteiger partial charge on any atom is -0.311 e. The van der Waals surface area contributed by atoms with E-state index in [1.165, 1.54) is 48.0 Å². The average Bonchev–Trinajstić information content (AvgIpc) is 3.62. The van der Waals surface area contributed by atoms with Crippen LogP contribution in [0.25, 0.3) is 72.0 Å². The Labute approximate surface area is 324 Å². The van der Waals surface area contributed by atoms with Gasteiger partial charge in [0.25, 0.3) is 0 Å². The summed E-state index contributed by atoms with van der Waals surface area (Å²) in [6, 6.07) is 62.1. The van der Waals surface area contributed by atoms with E-state index < -0.39 is 0 Å². The molecule has 1 aliphatic rings. The maximum atomic E-state index is 5.08. The molecule has 7 aromatic carbocycles. The number of hydrogen-bond acceptors (Lipinski definition) is 4. The van der Waals surface area contributed by atoms with Crippen molar-refractivity contribution >= 4 is 49.6 Å². The Balaban J connectivity index is 1.09. The van der Waals surface area contributed by atoms with Crippen LogP contribution in [0, 0.1) is 0 Å². The van der Waals surface area contributed by atoms with E-state index in [4.69, 9.17) is 9.97 Å². The van der Waals surface area contributed by atoms with Crippen molar-refractivity contribution in [3.05, 3.63) is 210 Å². The molecule has 55 heavy (non-hydrogen) atoms. The first-order valence-corrected chi connectivity index (χ1v) is 19.4. The van der Waals surface area contributed by atoms with E-state index in [1.54, 1.807) is 0 Å². The Morgan fingerprint density at radius 3 is 1.80 bits per heavy atom. The van der Waals surface area contributed by atoms with Gasteiger partial charge in [-0.2, -0.15) is 0 Å². The van der Waals surface area contributed by atoms with Crippen LogP contribution in [0.3, 0.4) is 0 Å². The first kappa shape index (κ1) is 32.7. The van der Waals surface area contributed by atoms with Gasteiger partial charge in [0, 0.05) is 44.1 Å². The Morgan fingerprint density at radius 2 is 1.11 bits per heavy atom. The molecule has 0 fully saturated rings. The maximum Gasteiger partial charge on any atom is 0.160 e. The van der Waals surface area contributed by atoms with Gasteiger partial charge in [-0.25, -0.2) is 9.97 Å². The second-order valence-electron chi connectivity index (χ2n) is 13.9. The Morgan fingerprint density at radius 1 is 0.491 bits per heavy atom. The van der Waals surface area contributed by atoms with Crippen molar-refractivity contribution in [1.82, 2.24) is 9.97 Å². The fraction of sp³-hybridized carbons (Fsp3) is 0.0196. The van der Waals surface area contributed by atoms with Crippen LogP contribution in [0.5, 0.6) is 0 Å². The van der Waals surface area contributed by atoms with Crippen molar-refractivity contribution in [3.63, 3.8) is 0 Å². The highest BCUT2D eigenvalue weighted by Crippen LogP contribution is 2.44. The van der Waals surface area contributed by atoms with E-state index in [-0.39, 0.29) is 0 Å². The topological polar surface area (TPSA) is 29.0 Å². The molecule has 0 N–H and O–H groups in total. The van der Waals surface area contributed by atoms with Crippen molar-refractivity contribution < 1.29 is 0 Å². The van der Waals surface area contributed by atoms with E-state index in [1.807, 2.05) is 47.7 Å². The predicted molar refractivity (Wildman–Crippen MR) is 233 cm³/mol. The minimum atomic E-state index is 0.688. The molecule has 2 aromatic heterocycles. The van der Waals surface area contributed by atoms with Crippen molar-refractivity contribution in [2.75, 3.05) is 4.90 Å². The van der Waals surface area contributed by atoms with Gasteiger partial charge in [0.1, 0.15) is 0 Å². The van der Waals surface area contributed by atoms with Crippen LogP contribution >= 0.6 is 11.3 Å². The van der Waals surface area contributed by atoms with Gasteiger partial charge in [-0.3, -0.25) is 0 Å². The molecule has 3 heterocycles. The van der Waals surface area contributed by atoms with Gasteiger partial charge in [0.05, 0.1) is 17.1 Å². The highest BCUT2D eigenvalue weighted by atomic mass is 32.1. The zero-order chi connectivity index (χ0) is 36.7. The van der Waals surface area contributed by atoms with Crippen molar-refractivity contribution in [1.29, 1.82) is 0 Å². The van der Waals surface area contributed by atoms with Crippen LogP contribution in [0.1, 0.15) is 16.0 Å². The number of rotatable bonds is 5. The quantitative estimate of drug-likeness (QED) is 0.177. The van der Waals surface area contributed by atoms with Gasteiger partial charge in [0.15, 0.2) is 5.82 Å². The van der Waals surface area contributed by atoms with Crippen LogP contribution in [0.4, 0.5) is 11.4 Å². The molecule has 9 aromatic rings. The summed E-state index contributed by atoms with van der Waals surface area (Å²) < 4.78 is 1.30. The third-order valence-corrected chi connectivity index (χ3v) is 11.7. The summed E-state index contributed by atoms with van der Waals surface area (Å²) in [6.45, 7) is 4.66. The second-order valence-corrected chi connectivity index (χ2v) is 15.0. The zero-order valence-corrected chi connectivity index (χ0v) is 30.9. The first-order chi connectivity index (χ1) is 27.2. The molecule has 1 aliphatic heterocycles. The standard InChI is InChI=1S/C51H35N3S/c1-34-21-29-49-45(44-31-40(25-30-50(44)55-49)35-13-5-2-6-14-35)32-43-42-20-12-11-15-36(42)24-28-48(43)54(34)41-26-22-39(23-27-41)51-52-46(37-16-7-3-8-17-37)33-47(53-51)38-18-9-4-10-19-38/h2-31,33H,1,32H2/b29-21-. The molecule has 3 nitrogen and oxygen atoms in total. The third kappa shape index (κ3) is 6.13. The van der Waals surface area contributed by atoms with Gasteiger partial charge in [-0.1, -0.05) is 134 Å². The molecule has 0 radical (unpaired) electrons. The van der Waals surface area contributed by atoms with Gasteiger partial charge in [0.2, 0.25) is 0 Å². The normalized spacial score (nSPS) is 13.2. The lowest BCUT2D eigenvalue weighted by molar-refractivity contribution is 1.16. The SMILES string of the molecule is C=C1/C=C\c2sc3ccc(-c4ccccc4)cc3c2Cc2c(ccc3ccccc23)N1c1ccc(-c2nc(-c3ccccc3)cc(-c3ccccc3)n2)cc1. The second kappa shape index (κ2) is 13.8. The first-order valence-electron chi connectivity index (χ1n) is 18.6. The lowest BCUT2D eigenvalue weighted by Crippen LogP contribution is -2.16. The summed E-state index contributed by atoms with van der Waals surface area (Å²) in [5, 5.41) is 3.78. The van der Waals surface area contributed by atoms with Crippen molar-refractivity contribution in [2.45, 2.75) is 6.42 Å². The number of nitrogens with zero attached hydrogens (tertiary/aromatic N) is 3. The molecule has 0 spiro atoms. The largest absolute Gasteiger partial charge is 0.311 e. The number of anilines is 2. The third-order valence-electron chi connectivity index (χ3n) is 10.5. The molecule has 0 amide bonds. The van der Waals surface area contributed by atoms with Crippen molar-refractivity contribution in [2.24, 2.45) is 0 Å². The molecule has 0 bridgehead atoms. The molecule has 0 aliphatic carbocycles. The summed E-state index contributed by atoms with van der Waals surface area (Å²) in [6.07, 6.45) is 5.22. The van der Waals surface area contributed by atoms with Crippen LogP contribution < -0.4 is 4.90 Å². The predicted octanol–water partition coefficient (Wildman–Crippen LogP) is 13.8. The van der Waals surface area contributed by atoms with Gasteiger partial charge >= 0.3 is 0 Å². The van der Waals surface area contributed by atoms with Gasteiger partial charge < -0.3 is 4.90 Å². The number of allylic oxidation sites excluding steroid dienone is 1. The number of thiophene rings is 1. The molecule has 10 rings (SSSR count). The summed E-state index contributed by atoms with van der Waals surface area (Å²) in [7, 11) is 0. The molecular weight excluding hydrogens is 687 g/mol. The summed E-state index contributed by atoms with van der Waals surface area (Å²) in [4.78, 5) is 13.7. The minimum absolute atomic E-state index is 0.688. The van der Waals surface area contributed by atoms with Crippen LogP contribution in [0.2, 0.25) is 0 Å². The monoisotopic (exact) mass is 721 g/mol. The highest BCUT2D eigenvalue weighted by molar-refractivity contribution is 7.20. The Hall–Kier alpha value is -6.88. The smallest absolute Gasteiger partial charge is 0.160 e. The summed E-state index contributed by atoms with van der Waals surface area (Å²) in [5.41, 5.74) is 13.0. The molecule has 260 valence electrons. The van der Waals surface area contributed by atoms with E-state index >= 15 is 0 Å². The average molecular weight is 722 g/mol. The molecule has 0 saturated heterocycles. The Bertz CT molecular complexity index is 2830. The fourth-order valence-electron chi connectivity index (χ4n) is 7.75. The fourth-order valence-corrected chi connectivity index (χ4v) is 8.85. The number of fused-ring (bicyclic) bond motifs is 6. The zero-order valence-electron chi connectivity index (χ0n) is 30.1. The lowest BCUT2D eigenvalue weighted by atomic mass is 9.93. The Kier molecular flexibility index (Phi) is 8.24. The van der Waals surface area contributed by atoms with E-state index in [2.05, 4.69) is 163 Å². The van der Waals surface area contributed by atoms with Crippen LogP contribution in [-0.2, 0) is 6.42 Å². The van der Waals surface area contributed by atoms with Crippen LogP contribution in [0.15, 0.2) is 194 Å². The number of benzene rings is 7. The van der Waals surface area contributed by atoms with Gasteiger partial charge in [-0.05, 0) is 99.1 Å². The summed E-state index contributed by atoms with van der Waals surface area (Å²) in [5.74, 6) is 0.688. The molecule has 4 heteroatoms. The highest BCUT2D eigenvalue weighted by Gasteiger charge is 2.23.